The molecule has 0 unspecified atom stereocenters. The Balaban J connectivity index is 0.944. The highest BCUT2D eigenvalue weighted by atomic mass is 32.1. The van der Waals surface area contributed by atoms with E-state index in [1.807, 2.05) is 36.4 Å². The summed E-state index contributed by atoms with van der Waals surface area (Å²) in [4.78, 5) is 18.9. The third-order valence-electron chi connectivity index (χ3n) is 8.78. The maximum Gasteiger partial charge on any atom is 0.416 e. The molecule has 0 amide bonds. The summed E-state index contributed by atoms with van der Waals surface area (Å²) >= 11 is 2.60. The largest absolute Gasteiger partial charge is 0.416 e. The Morgan fingerprint density at radius 1 is 0.339 bits per heavy atom. The van der Waals surface area contributed by atoms with Gasteiger partial charge in [0, 0.05) is 21.9 Å². The van der Waals surface area contributed by atoms with Crippen molar-refractivity contribution in [2.45, 2.75) is 12.4 Å². The van der Waals surface area contributed by atoms with Crippen molar-refractivity contribution >= 4 is 44.5 Å². The second-order valence-electron chi connectivity index (χ2n) is 12.4. The number of benzene rings is 3. The van der Waals surface area contributed by atoms with E-state index in [1.54, 1.807) is 36.4 Å². The highest BCUT2D eigenvalue weighted by Crippen LogP contribution is 2.36. The predicted molar refractivity (Wildman–Crippen MR) is 202 cm³/mol. The zero-order valence-electron chi connectivity index (χ0n) is 28.2. The monoisotopic (exact) mass is 790 g/mol. The van der Waals surface area contributed by atoms with Gasteiger partial charge in [-0.25, -0.2) is 19.9 Å². The lowest BCUT2D eigenvalue weighted by atomic mass is 10.1. The molecule has 6 aromatic heterocycles. The van der Waals surface area contributed by atoms with Gasteiger partial charge in [0.05, 0.1) is 33.5 Å². The molecule has 274 valence electrons. The van der Waals surface area contributed by atoms with Gasteiger partial charge in [0.2, 0.25) is 0 Å². The molecule has 0 aliphatic carbocycles. The van der Waals surface area contributed by atoms with E-state index < -0.39 is 23.5 Å². The van der Waals surface area contributed by atoms with Crippen LogP contribution in [0.3, 0.4) is 0 Å². The molecular formula is C40H20F6N8S2. The molecule has 9 rings (SSSR count). The molecule has 3 aromatic carbocycles. The molecule has 0 fully saturated rings. The summed E-state index contributed by atoms with van der Waals surface area (Å²) in [5.74, 6) is 0. The highest BCUT2D eigenvalue weighted by Gasteiger charge is 2.31. The van der Waals surface area contributed by atoms with E-state index in [1.165, 1.54) is 46.9 Å². The predicted octanol–water partition coefficient (Wildman–Crippen LogP) is 11.3. The van der Waals surface area contributed by atoms with E-state index in [9.17, 15) is 26.3 Å². The minimum Gasteiger partial charge on any atom is -0.245 e. The van der Waals surface area contributed by atoms with Gasteiger partial charge in [-0.05, 0) is 84.9 Å². The van der Waals surface area contributed by atoms with Crippen molar-refractivity contribution in [3.8, 4) is 65.3 Å². The maximum absolute atomic E-state index is 13.0. The Morgan fingerprint density at radius 3 is 1.04 bits per heavy atom. The molecule has 0 saturated carbocycles. The lowest BCUT2D eigenvalue weighted by molar-refractivity contribution is -0.138. The summed E-state index contributed by atoms with van der Waals surface area (Å²) in [5, 5.41) is 21.3. The van der Waals surface area contributed by atoms with Gasteiger partial charge in [-0.1, -0.05) is 59.1 Å². The van der Waals surface area contributed by atoms with E-state index in [-0.39, 0.29) is 0 Å². The van der Waals surface area contributed by atoms with Crippen molar-refractivity contribution < 1.29 is 26.3 Å². The van der Waals surface area contributed by atoms with Crippen LogP contribution in [0.4, 0.5) is 26.3 Å². The zero-order valence-corrected chi connectivity index (χ0v) is 29.8. The standard InChI is InChI=1S/C40H20F6N8S2/c41-39(42,43)23-11-7-21(8-12-23)27-3-1-5-31(47-27)35-51-53-37(55-35)33-17-15-25-26-16-18-34(50-30(26)20-19-29(25)49-33)38-54-52-36(56-38)32-6-2-4-28(48-32)22-9-13-24(14-10-22)40(44,45)46/h1-20H. The number of fused-ring (bicyclic) bond motifs is 3. The second-order valence-corrected chi connectivity index (χ2v) is 14.3. The van der Waals surface area contributed by atoms with Crippen LogP contribution >= 0.6 is 22.7 Å². The molecule has 56 heavy (non-hydrogen) atoms. The van der Waals surface area contributed by atoms with Crippen LogP contribution in [0.25, 0.3) is 87.1 Å². The molecule has 0 radical (unpaired) electrons. The van der Waals surface area contributed by atoms with Crippen LogP contribution in [-0.4, -0.2) is 40.3 Å². The van der Waals surface area contributed by atoms with Gasteiger partial charge in [0.25, 0.3) is 0 Å². The van der Waals surface area contributed by atoms with Crippen LogP contribution in [0.2, 0.25) is 0 Å². The molecule has 0 N–H and O–H groups in total. The third-order valence-corrected chi connectivity index (χ3v) is 10.7. The molecule has 0 aliphatic heterocycles. The van der Waals surface area contributed by atoms with Crippen LogP contribution in [0.15, 0.2) is 121 Å². The summed E-state index contributed by atoms with van der Waals surface area (Å²) in [6.07, 6.45) is -8.84. The molecule has 6 heterocycles. The fraction of sp³-hybridized carbons (Fsp3) is 0.0500. The SMILES string of the molecule is FC(F)(F)c1ccc(-c2cccc(-c3nnc(-c4ccc5c(ccc6nc(-c7nnc(-c8cccc(-c9ccc(C(F)(F)F)cc9)n8)s7)ccc65)n4)s3)n2)cc1. The maximum atomic E-state index is 13.0. The van der Waals surface area contributed by atoms with Crippen LogP contribution in [0.5, 0.6) is 0 Å². The first-order valence-electron chi connectivity index (χ1n) is 16.6. The van der Waals surface area contributed by atoms with Gasteiger partial charge in [-0.15, -0.1) is 20.4 Å². The normalized spacial score (nSPS) is 12.1. The summed E-state index contributed by atoms with van der Waals surface area (Å²) in [5.41, 5.74) is 4.38. The van der Waals surface area contributed by atoms with Crippen molar-refractivity contribution in [2.75, 3.05) is 0 Å². The van der Waals surface area contributed by atoms with E-state index in [0.29, 0.717) is 65.3 Å². The molecule has 8 nitrogen and oxygen atoms in total. The fourth-order valence-corrected chi connectivity index (χ4v) is 7.57. The lowest BCUT2D eigenvalue weighted by Gasteiger charge is -2.08. The van der Waals surface area contributed by atoms with Gasteiger partial charge in [0.1, 0.15) is 22.8 Å². The first kappa shape index (κ1) is 35.2. The van der Waals surface area contributed by atoms with Gasteiger partial charge in [-0.3, -0.25) is 0 Å². The first-order chi connectivity index (χ1) is 27.0. The van der Waals surface area contributed by atoms with Gasteiger partial charge in [0.15, 0.2) is 20.0 Å². The third kappa shape index (κ3) is 6.84. The summed E-state index contributed by atoms with van der Waals surface area (Å²) in [6, 6.07) is 31.6. The number of halogens is 6. The van der Waals surface area contributed by atoms with E-state index in [0.717, 1.165) is 46.1 Å². The number of hydrogen-bond donors (Lipinski definition) is 0. The highest BCUT2D eigenvalue weighted by molar-refractivity contribution is 7.18. The van der Waals surface area contributed by atoms with E-state index >= 15 is 0 Å². The van der Waals surface area contributed by atoms with Crippen molar-refractivity contribution in [2.24, 2.45) is 0 Å². The van der Waals surface area contributed by atoms with Crippen molar-refractivity contribution in [3.63, 3.8) is 0 Å². The average molecular weight is 791 g/mol. The van der Waals surface area contributed by atoms with Gasteiger partial charge in [-0.2, -0.15) is 26.3 Å². The van der Waals surface area contributed by atoms with Gasteiger partial charge >= 0.3 is 12.4 Å². The first-order valence-corrected chi connectivity index (χ1v) is 18.3. The molecule has 0 saturated heterocycles. The Kier molecular flexibility index (Phi) is 8.58. The molecule has 0 bridgehead atoms. The van der Waals surface area contributed by atoms with E-state index in [2.05, 4.69) is 30.4 Å². The van der Waals surface area contributed by atoms with Crippen LogP contribution in [0, 0.1) is 0 Å². The fourth-order valence-electron chi connectivity index (χ4n) is 6.01. The zero-order chi connectivity index (χ0) is 38.6. The number of pyridine rings is 4. The Morgan fingerprint density at radius 2 is 0.679 bits per heavy atom. The van der Waals surface area contributed by atoms with Gasteiger partial charge < -0.3 is 0 Å². The van der Waals surface area contributed by atoms with Crippen LogP contribution < -0.4 is 0 Å². The molecule has 0 aliphatic rings. The number of aromatic nitrogens is 8. The minimum atomic E-state index is -4.42. The number of hydrogen-bond acceptors (Lipinski definition) is 10. The van der Waals surface area contributed by atoms with Crippen molar-refractivity contribution in [1.82, 2.24) is 40.3 Å². The summed E-state index contributed by atoms with van der Waals surface area (Å²) in [6.45, 7) is 0. The van der Waals surface area contributed by atoms with Crippen LogP contribution in [0.1, 0.15) is 11.1 Å². The number of rotatable bonds is 6. The lowest BCUT2D eigenvalue weighted by Crippen LogP contribution is -2.04. The summed E-state index contributed by atoms with van der Waals surface area (Å²) in [7, 11) is 0. The smallest absolute Gasteiger partial charge is 0.245 e. The molecule has 16 heteroatoms. The molecular weight excluding hydrogens is 771 g/mol. The Labute approximate surface area is 320 Å². The van der Waals surface area contributed by atoms with Crippen molar-refractivity contribution in [1.29, 1.82) is 0 Å². The molecule has 0 spiro atoms. The quantitative estimate of drug-likeness (QED) is 0.121. The Bertz CT molecular complexity index is 2710. The minimum absolute atomic E-state index is 0.508. The Hall–Kier alpha value is -6.52. The number of nitrogens with zero attached hydrogens (tertiary/aromatic N) is 8. The number of alkyl halides is 6. The van der Waals surface area contributed by atoms with Crippen LogP contribution in [-0.2, 0) is 12.4 Å². The topological polar surface area (TPSA) is 103 Å². The average Bonchev–Trinajstić information content (AvgIpc) is 3.92. The molecule has 0 atom stereocenters. The van der Waals surface area contributed by atoms with E-state index in [4.69, 9.17) is 9.97 Å². The second kappa shape index (κ2) is 13.6. The summed E-state index contributed by atoms with van der Waals surface area (Å²) < 4.78 is 78.2. The van der Waals surface area contributed by atoms with Crippen molar-refractivity contribution in [3.05, 3.63) is 132 Å². The molecule has 9 aromatic rings.